The van der Waals surface area contributed by atoms with Crippen LogP contribution < -0.4 is 4.74 Å². The molecule has 0 spiro atoms. The maximum absolute atomic E-state index is 11.4. The van der Waals surface area contributed by atoms with Crippen LogP contribution in [0.4, 0.5) is 5.69 Å². The normalized spacial score (nSPS) is 22.7. The Bertz CT molecular complexity index is 504. The van der Waals surface area contributed by atoms with Gasteiger partial charge in [0.1, 0.15) is 11.9 Å². The average Bonchev–Trinajstić information content (AvgIpc) is 2.60. The number of carbonyl (C=O) groups is 1. The largest absolute Gasteiger partial charge is 0.477 e. The minimum Gasteiger partial charge on any atom is -0.477 e. The highest BCUT2D eigenvalue weighted by Crippen LogP contribution is 2.31. The number of non-ortho nitro benzene ring substituents is 1. The summed E-state index contributed by atoms with van der Waals surface area (Å²) in [6.07, 6.45) is -0.468. The van der Waals surface area contributed by atoms with Crippen molar-refractivity contribution in [2.45, 2.75) is 25.6 Å². The summed E-state index contributed by atoms with van der Waals surface area (Å²) in [4.78, 5) is 21.4. The predicted octanol–water partition coefficient (Wildman–Crippen LogP) is 2.33. The first-order chi connectivity index (χ1) is 8.47. The molecule has 1 heterocycles. The third-order valence-electron chi connectivity index (χ3n) is 2.52. The van der Waals surface area contributed by atoms with Gasteiger partial charge in [-0.25, -0.2) is 4.79 Å². The predicted molar refractivity (Wildman–Crippen MR) is 62.7 cm³/mol. The summed E-state index contributed by atoms with van der Waals surface area (Å²) in [6.45, 7) is 1.76. The lowest BCUT2D eigenvalue weighted by Crippen LogP contribution is -2.21. The van der Waals surface area contributed by atoms with E-state index in [1.807, 2.05) is 0 Å². The Balaban J connectivity index is 2.15. The number of ether oxygens (including phenoxy) is 2. The van der Waals surface area contributed by atoms with Crippen molar-refractivity contribution in [3.05, 3.63) is 33.3 Å². The summed E-state index contributed by atoms with van der Waals surface area (Å²) >= 11 is 5.85. The van der Waals surface area contributed by atoms with Crippen LogP contribution in [0, 0.1) is 10.1 Å². The molecular formula is C11H10ClNO5. The van der Waals surface area contributed by atoms with Crippen LogP contribution in [-0.4, -0.2) is 23.1 Å². The first-order valence-corrected chi connectivity index (χ1v) is 5.66. The molecule has 18 heavy (non-hydrogen) atoms. The number of hydrogen-bond donors (Lipinski definition) is 0. The van der Waals surface area contributed by atoms with Gasteiger partial charge in [-0.2, -0.15) is 0 Å². The SMILES string of the molecule is C[C@@H]1C[C@H](Oc2ccc([N+](=O)[O-])cc2Cl)C(=O)O1. The molecule has 1 saturated heterocycles. The van der Waals surface area contributed by atoms with Gasteiger partial charge >= 0.3 is 5.97 Å². The molecule has 2 atom stereocenters. The van der Waals surface area contributed by atoms with Gasteiger partial charge in [0.2, 0.25) is 0 Å². The molecule has 6 nitrogen and oxygen atoms in total. The Morgan fingerprint density at radius 2 is 2.28 bits per heavy atom. The maximum atomic E-state index is 11.4. The van der Waals surface area contributed by atoms with Gasteiger partial charge in [0.15, 0.2) is 6.10 Å². The maximum Gasteiger partial charge on any atom is 0.347 e. The lowest BCUT2D eigenvalue weighted by Gasteiger charge is -2.10. The van der Waals surface area contributed by atoms with Crippen molar-refractivity contribution in [2.24, 2.45) is 0 Å². The van der Waals surface area contributed by atoms with Crippen LogP contribution in [-0.2, 0) is 9.53 Å². The molecule has 96 valence electrons. The van der Waals surface area contributed by atoms with E-state index in [0.717, 1.165) is 0 Å². The topological polar surface area (TPSA) is 78.7 Å². The number of nitrogens with zero attached hydrogens (tertiary/aromatic N) is 1. The minimum atomic E-state index is -0.709. The van der Waals surface area contributed by atoms with Gasteiger partial charge in [0, 0.05) is 18.6 Å². The van der Waals surface area contributed by atoms with E-state index in [0.29, 0.717) is 6.42 Å². The molecule has 0 unspecified atom stereocenters. The second-order valence-corrected chi connectivity index (χ2v) is 4.37. The van der Waals surface area contributed by atoms with Crippen molar-refractivity contribution in [1.29, 1.82) is 0 Å². The summed E-state index contributed by atoms with van der Waals surface area (Å²) in [6, 6.07) is 3.82. The molecule has 1 fully saturated rings. The third-order valence-corrected chi connectivity index (χ3v) is 2.82. The molecule has 1 aromatic rings. The number of benzene rings is 1. The average molecular weight is 272 g/mol. The quantitative estimate of drug-likeness (QED) is 0.479. The van der Waals surface area contributed by atoms with E-state index in [2.05, 4.69) is 0 Å². The lowest BCUT2D eigenvalue weighted by atomic mass is 10.2. The van der Waals surface area contributed by atoms with E-state index in [9.17, 15) is 14.9 Å². The van der Waals surface area contributed by atoms with Gasteiger partial charge in [0.05, 0.1) is 9.95 Å². The zero-order valence-corrected chi connectivity index (χ0v) is 10.2. The Kier molecular flexibility index (Phi) is 3.38. The van der Waals surface area contributed by atoms with E-state index in [1.54, 1.807) is 6.92 Å². The van der Waals surface area contributed by atoms with Gasteiger partial charge in [0.25, 0.3) is 5.69 Å². The van der Waals surface area contributed by atoms with Crippen molar-refractivity contribution >= 4 is 23.3 Å². The smallest absolute Gasteiger partial charge is 0.347 e. The number of cyclic esters (lactones) is 1. The van der Waals surface area contributed by atoms with Crippen molar-refractivity contribution < 1.29 is 19.2 Å². The highest BCUT2D eigenvalue weighted by atomic mass is 35.5. The van der Waals surface area contributed by atoms with Crippen molar-refractivity contribution in [1.82, 2.24) is 0 Å². The lowest BCUT2D eigenvalue weighted by molar-refractivity contribution is -0.384. The van der Waals surface area contributed by atoms with E-state index in [1.165, 1.54) is 18.2 Å². The number of halogens is 1. The summed E-state index contributed by atoms with van der Waals surface area (Å²) in [5.41, 5.74) is -0.130. The van der Waals surface area contributed by atoms with Crippen LogP contribution in [0.1, 0.15) is 13.3 Å². The molecule has 0 saturated carbocycles. The van der Waals surface area contributed by atoms with Crippen LogP contribution in [0.2, 0.25) is 5.02 Å². The van der Waals surface area contributed by atoms with Crippen molar-refractivity contribution in [2.75, 3.05) is 0 Å². The summed E-state index contributed by atoms with van der Waals surface area (Å²) in [5.74, 6) is -0.213. The molecule has 0 aliphatic carbocycles. The van der Waals surface area contributed by atoms with Gasteiger partial charge < -0.3 is 9.47 Å². The number of nitro groups is 1. The summed E-state index contributed by atoms with van der Waals surface area (Å²) in [5, 5.41) is 10.6. The third kappa shape index (κ3) is 2.53. The fourth-order valence-electron chi connectivity index (χ4n) is 1.67. The number of esters is 1. The molecule has 0 bridgehead atoms. The molecule has 0 radical (unpaired) electrons. The van der Waals surface area contributed by atoms with Crippen LogP contribution in [0.25, 0.3) is 0 Å². The number of nitro benzene ring substituents is 1. The Morgan fingerprint density at radius 1 is 1.56 bits per heavy atom. The van der Waals surface area contributed by atoms with E-state index < -0.39 is 17.0 Å². The molecule has 0 aromatic heterocycles. The molecule has 1 aromatic carbocycles. The molecular weight excluding hydrogens is 262 g/mol. The van der Waals surface area contributed by atoms with Crippen LogP contribution in [0.5, 0.6) is 5.75 Å². The molecule has 0 N–H and O–H groups in total. The second-order valence-electron chi connectivity index (χ2n) is 3.96. The highest BCUT2D eigenvalue weighted by Gasteiger charge is 2.34. The minimum absolute atomic E-state index is 0.0940. The summed E-state index contributed by atoms with van der Waals surface area (Å²) in [7, 11) is 0. The first-order valence-electron chi connectivity index (χ1n) is 5.28. The van der Waals surface area contributed by atoms with Gasteiger partial charge in [-0.3, -0.25) is 10.1 Å². The first kappa shape index (κ1) is 12.6. The monoisotopic (exact) mass is 271 g/mol. The number of carbonyl (C=O) groups excluding carboxylic acids is 1. The zero-order chi connectivity index (χ0) is 13.3. The summed E-state index contributed by atoms with van der Waals surface area (Å²) < 4.78 is 10.3. The molecule has 0 amide bonds. The Morgan fingerprint density at radius 3 is 2.78 bits per heavy atom. The standard InChI is InChI=1S/C11H10ClNO5/c1-6-4-10(11(14)17-6)18-9-3-2-7(13(15)16)5-8(9)12/h2-3,5-6,10H,4H2,1H3/t6-,10+/m1/s1. The zero-order valence-electron chi connectivity index (χ0n) is 9.46. The molecule has 1 aliphatic heterocycles. The molecule has 2 rings (SSSR count). The molecule has 1 aliphatic rings. The highest BCUT2D eigenvalue weighted by molar-refractivity contribution is 6.32. The number of hydrogen-bond acceptors (Lipinski definition) is 5. The van der Waals surface area contributed by atoms with Crippen molar-refractivity contribution in [3.8, 4) is 5.75 Å². The second kappa shape index (κ2) is 4.81. The fourth-order valence-corrected chi connectivity index (χ4v) is 1.89. The van der Waals surface area contributed by atoms with Gasteiger partial charge in [-0.1, -0.05) is 11.6 Å². The molecule has 7 heteroatoms. The number of rotatable bonds is 3. The fraction of sp³-hybridized carbons (Fsp3) is 0.364. The van der Waals surface area contributed by atoms with Crippen LogP contribution in [0.15, 0.2) is 18.2 Å². The Hall–Kier alpha value is -1.82. The van der Waals surface area contributed by atoms with Gasteiger partial charge in [-0.15, -0.1) is 0 Å². The van der Waals surface area contributed by atoms with Crippen molar-refractivity contribution in [3.63, 3.8) is 0 Å². The van der Waals surface area contributed by atoms with E-state index >= 15 is 0 Å². The van der Waals surface area contributed by atoms with Crippen LogP contribution >= 0.6 is 11.6 Å². The van der Waals surface area contributed by atoms with E-state index in [4.69, 9.17) is 21.1 Å². The Labute approximate surface area is 108 Å². The van der Waals surface area contributed by atoms with Gasteiger partial charge in [-0.05, 0) is 13.0 Å². The van der Waals surface area contributed by atoms with Crippen LogP contribution in [0.3, 0.4) is 0 Å². The van der Waals surface area contributed by atoms with E-state index in [-0.39, 0.29) is 22.6 Å².